The molecule has 1 aliphatic rings. The molecule has 92 valence electrons. The Hall–Kier alpha value is -1.10. The zero-order valence-electron chi connectivity index (χ0n) is 10.1. The second-order valence-electron chi connectivity index (χ2n) is 4.77. The number of rotatable bonds is 4. The molecule has 1 heterocycles. The van der Waals surface area contributed by atoms with Crippen molar-refractivity contribution < 1.29 is 14.7 Å². The number of carboxylic acid groups (broad SMARTS) is 1. The number of carboxylic acids is 1. The molecule has 1 saturated heterocycles. The molecule has 0 aliphatic carbocycles. The molecule has 0 spiro atoms. The molecule has 1 N–H and O–H groups in total. The Morgan fingerprint density at radius 3 is 2.62 bits per heavy atom. The van der Waals surface area contributed by atoms with Gasteiger partial charge in [-0.25, -0.2) is 0 Å². The Morgan fingerprint density at radius 2 is 2.12 bits per heavy atom. The van der Waals surface area contributed by atoms with E-state index in [0.717, 1.165) is 6.54 Å². The van der Waals surface area contributed by atoms with Crippen LogP contribution in [0.1, 0.15) is 20.3 Å². The highest BCUT2D eigenvalue weighted by molar-refractivity contribution is 5.86. The lowest BCUT2D eigenvalue weighted by Crippen LogP contribution is -2.56. The van der Waals surface area contributed by atoms with E-state index < -0.39 is 12.0 Å². The molecule has 5 heteroatoms. The summed E-state index contributed by atoms with van der Waals surface area (Å²) < 4.78 is 0. The van der Waals surface area contributed by atoms with Gasteiger partial charge in [0.25, 0.3) is 0 Å². The average molecular weight is 228 g/mol. The van der Waals surface area contributed by atoms with Crippen molar-refractivity contribution in [3.8, 4) is 0 Å². The van der Waals surface area contributed by atoms with E-state index >= 15 is 0 Å². The lowest BCUT2D eigenvalue weighted by atomic mass is 10.1. The molecule has 0 radical (unpaired) electrons. The lowest BCUT2D eigenvalue weighted by molar-refractivity contribution is -0.148. The molecule has 0 aromatic rings. The van der Waals surface area contributed by atoms with Gasteiger partial charge in [0.15, 0.2) is 0 Å². The van der Waals surface area contributed by atoms with Crippen molar-refractivity contribution in [1.29, 1.82) is 0 Å². The van der Waals surface area contributed by atoms with E-state index in [4.69, 9.17) is 5.11 Å². The number of nitrogens with zero attached hydrogens (tertiary/aromatic N) is 2. The van der Waals surface area contributed by atoms with Gasteiger partial charge in [-0.2, -0.15) is 0 Å². The number of hydrogen-bond donors (Lipinski definition) is 1. The first-order valence-corrected chi connectivity index (χ1v) is 5.62. The molecule has 16 heavy (non-hydrogen) atoms. The third-order valence-electron chi connectivity index (χ3n) is 2.80. The third kappa shape index (κ3) is 3.20. The molecule has 1 atom stereocenters. The normalized spacial score (nSPS) is 22.9. The van der Waals surface area contributed by atoms with Gasteiger partial charge in [0.1, 0.15) is 0 Å². The highest BCUT2D eigenvalue weighted by atomic mass is 16.4. The van der Waals surface area contributed by atoms with Gasteiger partial charge in [-0.1, -0.05) is 13.8 Å². The van der Waals surface area contributed by atoms with Crippen LogP contribution in [0.2, 0.25) is 0 Å². The number of carbonyl (C=O) groups is 2. The number of carbonyl (C=O) groups excluding carboxylic acids is 1. The summed E-state index contributed by atoms with van der Waals surface area (Å²) in [6.45, 7) is 6.26. The predicted molar refractivity (Wildman–Crippen MR) is 60.1 cm³/mol. The van der Waals surface area contributed by atoms with Crippen molar-refractivity contribution in [2.24, 2.45) is 5.92 Å². The van der Waals surface area contributed by atoms with Crippen LogP contribution in [0.4, 0.5) is 0 Å². The molecule has 1 rings (SSSR count). The van der Waals surface area contributed by atoms with E-state index in [1.807, 2.05) is 4.90 Å². The first-order valence-electron chi connectivity index (χ1n) is 5.62. The minimum absolute atomic E-state index is 0.0511. The van der Waals surface area contributed by atoms with E-state index in [-0.39, 0.29) is 12.3 Å². The zero-order valence-corrected chi connectivity index (χ0v) is 10.1. The second kappa shape index (κ2) is 5.30. The van der Waals surface area contributed by atoms with Crippen LogP contribution in [0.3, 0.4) is 0 Å². The number of amides is 1. The topological polar surface area (TPSA) is 60.9 Å². The van der Waals surface area contributed by atoms with Gasteiger partial charge in [0.05, 0.1) is 12.5 Å². The van der Waals surface area contributed by atoms with Crippen LogP contribution in [0.5, 0.6) is 0 Å². The van der Waals surface area contributed by atoms with Crippen LogP contribution in [-0.4, -0.2) is 59.5 Å². The standard InChI is InChI=1S/C11H20N2O3/c1-8(2)7-13-5-4-12(3)9(11(13)16)6-10(14)15/h8-9H,4-7H2,1-3H3,(H,14,15). The van der Waals surface area contributed by atoms with Crippen molar-refractivity contribution in [1.82, 2.24) is 9.80 Å². The number of aliphatic carboxylic acids is 1. The van der Waals surface area contributed by atoms with E-state index in [0.29, 0.717) is 19.0 Å². The highest BCUT2D eigenvalue weighted by Crippen LogP contribution is 2.14. The summed E-state index contributed by atoms with van der Waals surface area (Å²) in [6, 6.07) is -0.495. The van der Waals surface area contributed by atoms with Gasteiger partial charge in [0, 0.05) is 19.6 Å². The average Bonchev–Trinajstić information content (AvgIpc) is 2.16. The Labute approximate surface area is 96.0 Å². The molecule has 1 fully saturated rings. The quantitative estimate of drug-likeness (QED) is 0.749. The van der Waals surface area contributed by atoms with E-state index in [2.05, 4.69) is 13.8 Å². The SMILES string of the molecule is CC(C)CN1CCN(C)C(CC(=O)O)C1=O. The minimum Gasteiger partial charge on any atom is -0.481 e. The van der Waals surface area contributed by atoms with Crippen LogP contribution >= 0.6 is 0 Å². The van der Waals surface area contributed by atoms with Crippen LogP contribution < -0.4 is 0 Å². The third-order valence-corrected chi connectivity index (χ3v) is 2.80. The molecule has 1 amide bonds. The molecular weight excluding hydrogens is 208 g/mol. The number of hydrogen-bond acceptors (Lipinski definition) is 3. The van der Waals surface area contributed by atoms with Crippen molar-refractivity contribution in [2.45, 2.75) is 26.3 Å². The Kier molecular flexibility index (Phi) is 4.29. The van der Waals surface area contributed by atoms with Crippen molar-refractivity contribution >= 4 is 11.9 Å². The van der Waals surface area contributed by atoms with Gasteiger partial charge in [-0.3, -0.25) is 14.5 Å². The highest BCUT2D eigenvalue weighted by Gasteiger charge is 2.34. The van der Waals surface area contributed by atoms with Gasteiger partial charge < -0.3 is 10.0 Å². The van der Waals surface area contributed by atoms with Crippen molar-refractivity contribution in [2.75, 3.05) is 26.7 Å². The van der Waals surface area contributed by atoms with Gasteiger partial charge >= 0.3 is 5.97 Å². The first kappa shape index (κ1) is 13.0. The summed E-state index contributed by atoms with van der Waals surface area (Å²) in [4.78, 5) is 26.3. The largest absolute Gasteiger partial charge is 0.481 e. The van der Waals surface area contributed by atoms with Crippen LogP contribution in [0.25, 0.3) is 0 Å². The molecule has 0 aromatic heterocycles. The number of piperazine rings is 1. The van der Waals surface area contributed by atoms with Crippen LogP contribution in [0, 0.1) is 5.92 Å². The molecule has 0 aromatic carbocycles. The number of likely N-dealkylation sites (N-methyl/N-ethyl adjacent to an activating group) is 1. The van der Waals surface area contributed by atoms with Gasteiger partial charge in [-0.05, 0) is 13.0 Å². The minimum atomic E-state index is -0.920. The fourth-order valence-corrected chi connectivity index (χ4v) is 1.97. The van der Waals surface area contributed by atoms with Crippen molar-refractivity contribution in [3.05, 3.63) is 0 Å². The second-order valence-corrected chi connectivity index (χ2v) is 4.77. The molecule has 5 nitrogen and oxygen atoms in total. The van der Waals surface area contributed by atoms with Crippen LogP contribution in [-0.2, 0) is 9.59 Å². The zero-order chi connectivity index (χ0) is 12.3. The molecule has 0 saturated carbocycles. The Morgan fingerprint density at radius 1 is 1.50 bits per heavy atom. The van der Waals surface area contributed by atoms with E-state index in [1.54, 1.807) is 11.9 Å². The van der Waals surface area contributed by atoms with Gasteiger partial charge in [-0.15, -0.1) is 0 Å². The maximum Gasteiger partial charge on any atom is 0.305 e. The molecule has 0 bridgehead atoms. The van der Waals surface area contributed by atoms with Crippen molar-refractivity contribution in [3.63, 3.8) is 0 Å². The molecular formula is C11H20N2O3. The van der Waals surface area contributed by atoms with Crippen LogP contribution in [0.15, 0.2) is 0 Å². The summed E-state index contributed by atoms with van der Waals surface area (Å²) in [5.41, 5.74) is 0. The van der Waals surface area contributed by atoms with Gasteiger partial charge in [0.2, 0.25) is 5.91 Å². The smallest absolute Gasteiger partial charge is 0.305 e. The fourth-order valence-electron chi connectivity index (χ4n) is 1.97. The molecule has 1 aliphatic heterocycles. The molecule has 1 unspecified atom stereocenters. The van der Waals surface area contributed by atoms with E-state index in [9.17, 15) is 9.59 Å². The van der Waals surface area contributed by atoms with E-state index in [1.165, 1.54) is 0 Å². The lowest BCUT2D eigenvalue weighted by Gasteiger charge is -2.38. The summed E-state index contributed by atoms with van der Waals surface area (Å²) >= 11 is 0. The summed E-state index contributed by atoms with van der Waals surface area (Å²) in [5.74, 6) is -0.556. The Bertz CT molecular complexity index is 278. The predicted octanol–water partition coefficient (Wildman–Crippen LogP) is 0.260. The summed E-state index contributed by atoms with van der Waals surface area (Å²) in [7, 11) is 1.80. The summed E-state index contributed by atoms with van der Waals surface area (Å²) in [5, 5.41) is 8.77. The Balaban J connectivity index is 2.67. The fraction of sp³-hybridized carbons (Fsp3) is 0.818. The maximum atomic E-state index is 12.0. The summed E-state index contributed by atoms with van der Waals surface area (Å²) in [6.07, 6.45) is -0.107. The maximum absolute atomic E-state index is 12.0. The monoisotopic (exact) mass is 228 g/mol. The first-order chi connectivity index (χ1) is 7.41.